The molecule has 0 unspecified atom stereocenters. The van der Waals surface area contributed by atoms with E-state index in [0.717, 1.165) is 12.3 Å². The van der Waals surface area contributed by atoms with Crippen LogP contribution in [0, 0.1) is 5.82 Å². The molecule has 1 heterocycles. The molecule has 0 aliphatic carbocycles. The number of carbonyl (C=O) groups is 1. The number of carboxylic acids is 1. The molecule has 2 aromatic rings. The highest BCUT2D eigenvalue weighted by Crippen LogP contribution is 2.21. The lowest BCUT2D eigenvalue weighted by atomic mass is 10.2. The Kier molecular flexibility index (Phi) is 1.55. The summed E-state index contributed by atoms with van der Waals surface area (Å²) >= 11 is 0. The second-order valence-corrected chi connectivity index (χ2v) is 2.60. The van der Waals surface area contributed by atoms with Crippen LogP contribution in [0.2, 0.25) is 0 Å². The minimum absolute atomic E-state index is 0.0190. The third kappa shape index (κ3) is 1.16. The van der Waals surface area contributed by atoms with Gasteiger partial charge in [0.2, 0.25) is 0 Å². The van der Waals surface area contributed by atoms with Crippen LogP contribution in [-0.4, -0.2) is 11.1 Å². The average molecular weight is 180 g/mol. The molecule has 66 valence electrons. The molecule has 0 atom stereocenters. The summed E-state index contributed by atoms with van der Waals surface area (Å²) in [5.74, 6) is -1.60. The van der Waals surface area contributed by atoms with Gasteiger partial charge in [0.1, 0.15) is 23.2 Å². The normalized spacial score (nSPS) is 10.5. The van der Waals surface area contributed by atoms with Crippen molar-refractivity contribution in [2.75, 3.05) is 0 Å². The maximum Gasteiger partial charge on any atom is 0.339 e. The predicted molar refractivity (Wildman–Crippen MR) is 43.1 cm³/mol. The molecular weight excluding hydrogens is 175 g/mol. The van der Waals surface area contributed by atoms with Gasteiger partial charge in [-0.15, -0.1) is 0 Å². The van der Waals surface area contributed by atoms with Crippen molar-refractivity contribution in [3.63, 3.8) is 0 Å². The van der Waals surface area contributed by atoms with Crippen molar-refractivity contribution in [1.29, 1.82) is 0 Å². The van der Waals surface area contributed by atoms with Gasteiger partial charge < -0.3 is 9.52 Å². The van der Waals surface area contributed by atoms with Gasteiger partial charge in [0.05, 0.1) is 0 Å². The summed E-state index contributed by atoms with van der Waals surface area (Å²) in [6.45, 7) is 0. The van der Waals surface area contributed by atoms with Crippen molar-refractivity contribution in [2.45, 2.75) is 0 Å². The third-order valence-electron chi connectivity index (χ3n) is 1.77. The maximum atomic E-state index is 12.7. The van der Waals surface area contributed by atoms with E-state index in [4.69, 9.17) is 9.52 Å². The Labute approximate surface area is 72.4 Å². The van der Waals surface area contributed by atoms with Crippen molar-refractivity contribution in [2.24, 2.45) is 0 Å². The van der Waals surface area contributed by atoms with Gasteiger partial charge in [-0.05, 0) is 18.2 Å². The molecular formula is C9H5FO3. The third-order valence-corrected chi connectivity index (χ3v) is 1.77. The summed E-state index contributed by atoms with van der Waals surface area (Å²) < 4.78 is 17.6. The fourth-order valence-corrected chi connectivity index (χ4v) is 1.17. The molecule has 2 rings (SSSR count). The first-order chi connectivity index (χ1) is 6.18. The summed E-state index contributed by atoms with van der Waals surface area (Å²) in [6.07, 6.45) is 1.10. The first-order valence-electron chi connectivity index (χ1n) is 3.58. The van der Waals surface area contributed by atoms with Gasteiger partial charge in [0.25, 0.3) is 0 Å². The van der Waals surface area contributed by atoms with Crippen molar-refractivity contribution in [3.05, 3.63) is 35.8 Å². The van der Waals surface area contributed by atoms with Gasteiger partial charge in [-0.3, -0.25) is 0 Å². The number of rotatable bonds is 1. The van der Waals surface area contributed by atoms with Crippen LogP contribution in [0.1, 0.15) is 10.4 Å². The van der Waals surface area contributed by atoms with Gasteiger partial charge in [0.15, 0.2) is 0 Å². The van der Waals surface area contributed by atoms with E-state index >= 15 is 0 Å². The highest BCUT2D eigenvalue weighted by molar-refractivity contribution is 6.02. The Balaban J connectivity index is 2.79. The van der Waals surface area contributed by atoms with Crippen LogP contribution in [0.5, 0.6) is 0 Å². The number of fused-ring (bicyclic) bond motifs is 1. The van der Waals surface area contributed by atoms with E-state index in [0.29, 0.717) is 5.58 Å². The first kappa shape index (κ1) is 7.79. The van der Waals surface area contributed by atoms with E-state index in [1.54, 1.807) is 0 Å². The quantitative estimate of drug-likeness (QED) is 0.732. The summed E-state index contributed by atoms with van der Waals surface area (Å²) in [5.41, 5.74) is 0.355. The van der Waals surface area contributed by atoms with Gasteiger partial charge in [0, 0.05) is 5.39 Å². The monoisotopic (exact) mass is 180 g/mol. The van der Waals surface area contributed by atoms with E-state index in [1.165, 1.54) is 12.1 Å². The maximum absolute atomic E-state index is 12.7. The van der Waals surface area contributed by atoms with E-state index in [9.17, 15) is 9.18 Å². The average Bonchev–Trinajstić information content (AvgIpc) is 2.46. The Bertz CT molecular complexity index is 473. The van der Waals surface area contributed by atoms with Crippen molar-refractivity contribution in [1.82, 2.24) is 0 Å². The smallest absolute Gasteiger partial charge is 0.339 e. The van der Waals surface area contributed by atoms with Crippen LogP contribution in [0.3, 0.4) is 0 Å². The Morgan fingerprint density at radius 1 is 1.46 bits per heavy atom. The summed E-state index contributed by atoms with van der Waals surface area (Å²) in [7, 11) is 0. The lowest BCUT2D eigenvalue weighted by Gasteiger charge is -1.90. The number of benzene rings is 1. The second-order valence-electron chi connectivity index (χ2n) is 2.60. The van der Waals surface area contributed by atoms with E-state index in [2.05, 4.69) is 0 Å². The number of hydrogen-bond acceptors (Lipinski definition) is 2. The molecule has 4 heteroatoms. The highest BCUT2D eigenvalue weighted by atomic mass is 19.1. The Morgan fingerprint density at radius 2 is 2.23 bits per heavy atom. The van der Waals surface area contributed by atoms with Crippen LogP contribution in [0.4, 0.5) is 4.39 Å². The van der Waals surface area contributed by atoms with Crippen LogP contribution in [0.25, 0.3) is 11.0 Å². The summed E-state index contributed by atoms with van der Waals surface area (Å²) in [4.78, 5) is 10.6. The molecule has 0 amide bonds. The number of hydrogen-bond donors (Lipinski definition) is 1. The predicted octanol–water partition coefficient (Wildman–Crippen LogP) is 2.27. The van der Waals surface area contributed by atoms with Gasteiger partial charge >= 0.3 is 5.97 Å². The van der Waals surface area contributed by atoms with Crippen LogP contribution in [0.15, 0.2) is 28.9 Å². The van der Waals surface area contributed by atoms with Crippen LogP contribution in [-0.2, 0) is 0 Å². The number of aromatic carboxylic acids is 1. The zero-order valence-electron chi connectivity index (χ0n) is 6.45. The summed E-state index contributed by atoms with van der Waals surface area (Å²) in [5, 5.41) is 8.96. The molecule has 1 N–H and O–H groups in total. The van der Waals surface area contributed by atoms with Gasteiger partial charge in [-0.2, -0.15) is 0 Å². The zero-order valence-corrected chi connectivity index (χ0v) is 6.45. The molecule has 0 saturated heterocycles. The SMILES string of the molecule is O=C(O)c1coc2ccc(F)cc12. The Morgan fingerprint density at radius 3 is 2.92 bits per heavy atom. The second kappa shape index (κ2) is 2.58. The van der Waals surface area contributed by atoms with Crippen molar-refractivity contribution < 1.29 is 18.7 Å². The van der Waals surface area contributed by atoms with Crippen LogP contribution >= 0.6 is 0 Å². The molecule has 1 aromatic carbocycles. The molecule has 0 saturated carbocycles. The van der Waals surface area contributed by atoms with E-state index < -0.39 is 11.8 Å². The molecule has 3 nitrogen and oxygen atoms in total. The number of halogens is 1. The minimum Gasteiger partial charge on any atom is -0.478 e. The van der Waals surface area contributed by atoms with E-state index in [1.807, 2.05) is 0 Å². The molecule has 0 spiro atoms. The van der Waals surface area contributed by atoms with Crippen LogP contribution < -0.4 is 0 Å². The van der Waals surface area contributed by atoms with Crippen molar-refractivity contribution >= 4 is 16.9 Å². The van der Waals surface area contributed by atoms with Crippen molar-refractivity contribution in [3.8, 4) is 0 Å². The van der Waals surface area contributed by atoms with Gasteiger partial charge in [-0.1, -0.05) is 0 Å². The molecule has 0 aliphatic rings. The number of furan rings is 1. The lowest BCUT2D eigenvalue weighted by molar-refractivity contribution is 0.0698. The molecule has 0 radical (unpaired) electrons. The topological polar surface area (TPSA) is 50.4 Å². The summed E-state index contributed by atoms with van der Waals surface area (Å²) in [6, 6.07) is 3.76. The Hall–Kier alpha value is -1.84. The molecule has 13 heavy (non-hydrogen) atoms. The zero-order chi connectivity index (χ0) is 9.42. The fourth-order valence-electron chi connectivity index (χ4n) is 1.17. The lowest BCUT2D eigenvalue weighted by Crippen LogP contribution is -1.93. The molecule has 0 bridgehead atoms. The molecule has 0 aliphatic heterocycles. The number of carboxylic acid groups (broad SMARTS) is 1. The fraction of sp³-hybridized carbons (Fsp3) is 0. The largest absolute Gasteiger partial charge is 0.478 e. The molecule has 0 fully saturated rings. The van der Waals surface area contributed by atoms with Gasteiger partial charge in [-0.25, -0.2) is 9.18 Å². The van der Waals surface area contributed by atoms with E-state index in [-0.39, 0.29) is 10.9 Å². The first-order valence-corrected chi connectivity index (χ1v) is 3.58. The highest BCUT2D eigenvalue weighted by Gasteiger charge is 2.12. The minimum atomic E-state index is -1.12. The molecule has 1 aromatic heterocycles. The standard InChI is InChI=1S/C9H5FO3/c10-5-1-2-8-6(3-5)7(4-13-8)9(11)12/h1-4H,(H,11,12).